The van der Waals surface area contributed by atoms with E-state index in [9.17, 15) is 0 Å². The van der Waals surface area contributed by atoms with Crippen LogP contribution in [0.2, 0.25) is 0 Å². The second kappa shape index (κ2) is 2.84. The predicted molar refractivity (Wildman–Crippen MR) is 49.7 cm³/mol. The SMILES string of the molecule is Cc1sccc1-c1n[nH]c(=S)o1. The van der Waals surface area contributed by atoms with E-state index in [2.05, 4.69) is 10.2 Å². The topological polar surface area (TPSA) is 41.8 Å². The van der Waals surface area contributed by atoms with Crippen molar-refractivity contribution < 1.29 is 4.42 Å². The molecule has 0 spiro atoms. The monoisotopic (exact) mass is 198 g/mol. The van der Waals surface area contributed by atoms with Crippen LogP contribution in [0, 0.1) is 11.8 Å². The Morgan fingerprint density at radius 3 is 3.00 bits per heavy atom. The molecular formula is C7H6N2OS2. The van der Waals surface area contributed by atoms with Gasteiger partial charge in [0.2, 0.25) is 5.89 Å². The number of thiophene rings is 1. The Hall–Kier alpha value is -0.940. The Bertz CT molecular complexity index is 440. The van der Waals surface area contributed by atoms with Gasteiger partial charge in [0.25, 0.3) is 4.84 Å². The molecule has 0 saturated carbocycles. The first-order valence-corrected chi connectivity index (χ1v) is 4.66. The molecule has 0 fully saturated rings. The highest BCUT2D eigenvalue weighted by molar-refractivity contribution is 7.71. The molecule has 0 unspecified atom stereocenters. The van der Waals surface area contributed by atoms with Gasteiger partial charge >= 0.3 is 0 Å². The normalized spacial score (nSPS) is 10.4. The number of nitrogens with zero attached hydrogens (tertiary/aromatic N) is 1. The van der Waals surface area contributed by atoms with Crippen LogP contribution in [-0.2, 0) is 0 Å². The summed E-state index contributed by atoms with van der Waals surface area (Å²) in [6.45, 7) is 2.02. The Morgan fingerprint density at radius 2 is 2.50 bits per heavy atom. The van der Waals surface area contributed by atoms with Crippen LogP contribution in [0.5, 0.6) is 0 Å². The van der Waals surface area contributed by atoms with Crippen LogP contribution in [0.15, 0.2) is 15.9 Å². The third-order valence-electron chi connectivity index (χ3n) is 1.53. The van der Waals surface area contributed by atoms with Crippen molar-refractivity contribution in [1.29, 1.82) is 0 Å². The molecule has 62 valence electrons. The van der Waals surface area contributed by atoms with Gasteiger partial charge in [0.15, 0.2) is 0 Å². The third-order valence-corrected chi connectivity index (χ3v) is 2.55. The van der Waals surface area contributed by atoms with E-state index in [1.54, 1.807) is 11.3 Å². The minimum atomic E-state index is 0.315. The molecule has 0 saturated heterocycles. The van der Waals surface area contributed by atoms with Gasteiger partial charge in [-0.05, 0) is 30.6 Å². The first-order valence-electron chi connectivity index (χ1n) is 3.37. The fourth-order valence-corrected chi connectivity index (χ4v) is 1.77. The standard InChI is InChI=1S/C7H6N2OS2/c1-4-5(2-3-12-4)6-8-9-7(11)10-6/h2-3H,1H3,(H,9,11). The summed E-state index contributed by atoms with van der Waals surface area (Å²) in [6.07, 6.45) is 0. The molecule has 0 radical (unpaired) electrons. The lowest BCUT2D eigenvalue weighted by atomic mass is 10.3. The lowest BCUT2D eigenvalue weighted by Gasteiger charge is -1.88. The Balaban J connectivity index is 2.57. The molecule has 2 aromatic heterocycles. The number of hydrogen-bond acceptors (Lipinski definition) is 4. The summed E-state index contributed by atoms with van der Waals surface area (Å²) in [5, 5.41) is 8.51. The van der Waals surface area contributed by atoms with E-state index in [0.717, 1.165) is 5.56 Å². The minimum absolute atomic E-state index is 0.315. The number of aryl methyl sites for hydroxylation is 1. The van der Waals surface area contributed by atoms with E-state index in [1.165, 1.54) is 4.88 Å². The summed E-state index contributed by atoms with van der Waals surface area (Å²) in [5.74, 6) is 0.568. The van der Waals surface area contributed by atoms with Gasteiger partial charge in [-0.15, -0.1) is 16.4 Å². The maximum Gasteiger partial charge on any atom is 0.284 e. The molecule has 0 aliphatic heterocycles. The molecule has 2 aromatic rings. The Kier molecular flexibility index (Phi) is 1.82. The van der Waals surface area contributed by atoms with E-state index in [-0.39, 0.29) is 0 Å². The highest BCUT2D eigenvalue weighted by Gasteiger charge is 2.07. The highest BCUT2D eigenvalue weighted by Crippen LogP contribution is 2.25. The molecule has 2 heterocycles. The maximum absolute atomic E-state index is 5.16. The molecule has 12 heavy (non-hydrogen) atoms. The zero-order valence-electron chi connectivity index (χ0n) is 6.33. The summed E-state index contributed by atoms with van der Waals surface area (Å²) >= 11 is 6.43. The fourth-order valence-electron chi connectivity index (χ4n) is 0.952. The average molecular weight is 198 g/mol. The van der Waals surface area contributed by atoms with Crippen molar-refractivity contribution in [3.63, 3.8) is 0 Å². The quantitative estimate of drug-likeness (QED) is 0.716. The molecule has 2 rings (SSSR count). The third kappa shape index (κ3) is 1.21. The van der Waals surface area contributed by atoms with Gasteiger partial charge in [0, 0.05) is 4.88 Å². The predicted octanol–water partition coefficient (Wildman–Crippen LogP) is 2.77. The van der Waals surface area contributed by atoms with Crippen LogP contribution in [0.25, 0.3) is 11.5 Å². The average Bonchev–Trinajstić information content (AvgIpc) is 2.58. The van der Waals surface area contributed by atoms with Crippen LogP contribution < -0.4 is 0 Å². The van der Waals surface area contributed by atoms with E-state index in [4.69, 9.17) is 16.6 Å². The highest BCUT2D eigenvalue weighted by atomic mass is 32.1. The van der Waals surface area contributed by atoms with Crippen molar-refractivity contribution in [2.24, 2.45) is 0 Å². The number of aromatic nitrogens is 2. The Labute approximate surface area is 78.1 Å². The minimum Gasteiger partial charge on any atom is -0.409 e. The fraction of sp³-hybridized carbons (Fsp3) is 0.143. The van der Waals surface area contributed by atoms with E-state index in [0.29, 0.717) is 10.7 Å². The van der Waals surface area contributed by atoms with Crippen molar-refractivity contribution in [2.45, 2.75) is 6.92 Å². The van der Waals surface area contributed by atoms with Crippen LogP contribution in [0.4, 0.5) is 0 Å². The van der Waals surface area contributed by atoms with Crippen LogP contribution in [0.1, 0.15) is 4.88 Å². The molecular weight excluding hydrogens is 192 g/mol. The van der Waals surface area contributed by atoms with E-state index >= 15 is 0 Å². The Morgan fingerprint density at radius 1 is 1.67 bits per heavy atom. The van der Waals surface area contributed by atoms with Gasteiger partial charge in [-0.1, -0.05) is 0 Å². The molecule has 0 aromatic carbocycles. The summed E-state index contributed by atoms with van der Waals surface area (Å²) in [4.78, 5) is 1.50. The lowest BCUT2D eigenvalue weighted by molar-refractivity contribution is 0.552. The summed E-state index contributed by atoms with van der Waals surface area (Å²) in [7, 11) is 0. The number of hydrogen-bond donors (Lipinski definition) is 1. The van der Waals surface area contributed by atoms with Crippen LogP contribution >= 0.6 is 23.6 Å². The first-order chi connectivity index (χ1) is 5.77. The summed E-state index contributed by atoms with van der Waals surface area (Å²) in [5.41, 5.74) is 1.01. The van der Waals surface area contributed by atoms with E-state index in [1.807, 2.05) is 18.4 Å². The smallest absolute Gasteiger partial charge is 0.284 e. The maximum atomic E-state index is 5.16. The molecule has 1 N–H and O–H groups in total. The van der Waals surface area contributed by atoms with Crippen molar-refractivity contribution in [2.75, 3.05) is 0 Å². The molecule has 5 heteroatoms. The van der Waals surface area contributed by atoms with E-state index < -0.39 is 0 Å². The largest absolute Gasteiger partial charge is 0.409 e. The molecule has 3 nitrogen and oxygen atoms in total. The first kappa shape index (κ1) is 7.70. The van der Waals surface area contributed by atoms with Gasteiger partial charge in [-0.3, -0.25) is 0 Å². The lowest BCUT2D eigenvalue weighted by Crippen LogP contribution is -1.75. The second-order valence-electron chi connectivity index (χ2n) is 2.31. The van der Waals surface area contributed by atoms with Crippen molar-refractivity contribution in [3.8, 4) is 11.5 Å². The number of aromatic amines is 1. The van der Waals surface area contributed by atoms with Crippen molar-refractivity contribution in [3.05, 3.63) is 21.2 Å². The summed E-state index contributed by atoms with van der Waals surface area (Å²) in [6, 6.07) is 1.97. The summed E-state index contributed by atoms with van der Waals surface area (Å²) < 4.78 is 5.16. The van der Waals surface area contributed by atoms with Gasteiger partial charge < -0.3 is 4.42 Å². The molecule has 0 aliphatic rings. The van der Waals surface area contributed by atoms with Gasteiger partial charge in [-0.2, -0.15) is 0 Å². The molecule has 0 amide bonds. The molecule has 0 bridgehead atoms. The van der Waals surface area contributed by atoms with Gasteiger partial charge in [-0.25, -0.2) is 5.10 Å². The number of H-pyrrole nitrogens is 1. The van der Waals surface area contributed by atoms with Crippen molar-refractivity contribution in [1.82, 2.24) is 10.2 Å². The van der Waals surface area contributed by atoms with Crippen LogP contribution in [0.3, 0.4) is 0 Å². The number of nitrogens with one attached hydrogen (secondary N) is 1. The van der Waals surface area contributed by atoms with Crippen LogP contribution in [-0.4, -0.2) is 10.2 Å². The second-order valence-corrected chi connectivity index (χ2v) is 3.80. The van der Waals surface area contributed by atoms with Gasteiger partial charge in [0.05, 0.1) is 5.56 Å². The zero-order valence-corrected chi connectivity index (χ0v) is 7.96. The zero-order chi connectivity index (χ0) is 8.55. The van der Waals surface area contributed by atoms with Gasteiger partial charge in [0.1, 0.15) is 0 Å². The van der Waals surface area contributed by atoms with Crippen molar-refractivity contribution >= 4 is 23.6 Å². The number of rotatable bonds is 1. The molecule has 0 aliphatic carbocycles. The molecule has 0 atom stereocenters.